The van der Waals surface area contributed by atoms with Crippen LogP contribution in [0.3, 0.4) is 0 Å². The highest BCUT2D eigenvalue weighted by atomic mass is 35.5. The molecule has 0 unspecified atom stereocenters. The van der Waals surface area contributed by atoms with E-state index >= 15 is 0 Å². The van der Waals surface area contributed by atoms with Crippen molar-refractivity contribution in [2.75, 3.05) is 5.32 Å². The van der Waals surface area contributed by atoms with Crippen LogP contribution in [0.2, 0.25) is 5.02 Å². The van der Waals surface area contributed by atoms with Crippen LogP contribution in [0.4, 0.5) is 5.69 Å². The van der Waals surface area contributed by atoms with Gasteiger partial charge in [0.15, 0.2) is 0 Å². The Balaban J connectivity index is 1.78. The number of benzene rings is 2. The van der Waals surface area contributed by atoms with E-state index in [0.717, 1.165) is 33.7 Å². The van der Waals surface area contributed by atoms with Gasteiger partial charge < -0.3 is 5.32 Å². The van der Waals surface area contributed by atoms with Gasteiger partial charge >= 0.3 is 0 Å². The van der Waals surface area contributed by atoms with Crippen LogP contribution >= 0.6 is 11.6 Å². The zero-order valence-corrected chi connectivity index (χ0v) is 11.1. The fraction of sp³-hybridized carbons (Fsp3) is 0.0625. The monoisotopic (exact) mass is 268 g/mol. The van der Waals surface area contributed by atoms with Gasteiger partial charge in [-0.1, -0.05) is 41.9 Å². The molecule has 0 aliphatic rings. The lowest BCUT2D eigenvalue weighted by Gasteiger charge is -2.07. The summed E-state index contributed by atoms with van der Waals surface area (Å²) < 4.78 is 0. The second-order valence-corrected chi connectivity index (χ2v) is 4.84. The first-order chi connectivity index (χ1) is 9.31. The summed E-state index contributed by atoms with van der Waals surface area (Å²) in [6.45, 7) is 0.737. The number of anilines is 1. The molecule has 0 aliphatic heterocycles. The summed E-state index contributed by atoms with van der Waals surface area (Å²) >= 11 is 5.96. The first kappa shape index (κ1) is 12.0. The van der Waals surface area contributed by atoms with Crippen molar-refractivity contribution in [2.24, 2.45) is 0 Å². The van der Waals surface area contributed by atoms with E-state index < -0.39 is 0 Å². The highest BCUT2D eigenvalue weighted by molar-refractivity contribution is 6.30. The third-order valence-corrected chi connectivity index (χ3v) is 3.21. The number of aromatic nitrogens is 1. The van der Waals surface area contributed by atoms with E-state index in [9.17, 15) is 0 Å². The maximum Gasteiger partial charge on any atom is 0.0703 e. The van der Waals surface area contributed by atoms with Crippen LogP contribution in [0.15, 0.2) is 60.8 Å². The number of nitrogens with zero attached hydrogens (tertiary/aromatic N) is 1. The summed E-state index contributed by atoms with van der Waals surface area (Å²) in [5.41, 5.74) is 3.18. The summed E-state index contributed by atoms with van der Waals surface area (Å²) in [4.78, 5) is 4.42. The Hall–Kier alpha value is -2.06. The fourth-order valence-corrected chi connectivity index (χ4v) is 2.23. The minimum atomic E-state index is 0.737. The number of rotatable bonds is 3. The Labute approximate surface area is 117 Å². The Bertz CT molecular complexity index is 710. The molecule has 0 radical (unpaired) electrons. The van der Waals surface area contributed by atoms with Gasteiger partial charge in [0.1, 0.15) is 0 Å². The molecule has 0 bridgehead atoms. The number of pyridine rings is 1. The molecule has 1 aromatic heterocycles. The van der Waals surface area contributed by atoms with Crippen molar-refractivity contribution >= 4 is 28.2 Å². The SMILES string of the molecule is Clc1cccc(CNc2cnc3ccccc3c2)c1. The first-order valence-electron chi connectivity index (χ1n) is 6.14. The molecule has 0 saturated heterocycles. The van der Waals surface area contributed by atoms with Gasteiger partial charge in [-0.25, -0.2) is 0 Å². The van der Waals surface area contributed by atoms with Crippen LogP contribution < -0.4 is 5.32 Å². The normalized spacial score (nSPS) is 10.6. The van der Waals surface area contributed by atoms with Gasteiger partial charge in [0, 0.05) is 17.0 Å². The number of fused-ring (bicyclic) bond motifs is 1. The van der Waals surface area contributed by atoms with Gasteiger partial charge in [-0.2, -0.15) is 0 Å². The van der Waals surface area contributed by atoms with Crippen molar-refractivity contribution in [3.63, 3.8) is 0 Å². The average Bonchev–Trinajstić information content (AvgIpc) is 2.45. The van der Waals surface area contributed by atoms with Crippen molar-refractivity contribution < 1.29 is 0 Å². The molecule has 0 atom stereocenters. The summed E-state index contributed by atoms with van der Waals surface area (Å²) in [5, 5.41) is 5.26. The molecule has 0 spiro atoms. The minimum absolute atomic E-state index is 0.737. The first-order valence-corrected chi connectivity index (χ1v) is 6.52. The minimum Gasteiger partial charge on any atom is -0.380 e. The molecular formula is C16H13ClN2. The number of hydrogen-bond donors (Lipinski definition) is 1. The maximum atomic E-state index is 5.96. The van der Waals surface area contributed by atoms with E-state index in [-0.39, 0.29) is 0 Å². The molecule has 2 aromatic carbocycles. The Kier molecular flexibility index (Phi) is 3.34. The van der Waals surface area contributed by atoms with Gasteiger partial charge in [-0.3, -0.25) is 4.98 Å². The Morgan fingerprint density at radius 1 is 1.00 bits per heavy atom. The van der Waals surface area contributed by atoms with E-state index in [1.54, 1.807) is 0 Å². The summed E-state index contributed by atoms with van der Waals surface area (Å²) in [5.74, 6) is 0. The molecule has 2 nitrogen and oxygen atoms in total. The highest BCUT2D eigenvalue weighted by Crippen LogP contribution is 2.17. The molecule has 3 aromatic rings. The van der Waals surface area contributed by atoms with Crippen molar-refractivity contribution in [2.45, 2.75) is 6.54 Å². The third-order valence-electron chi connectivity index (χ3n) is 2.98. The number of halogens is 1. The topological polar surface area (TPSA) is 24.9 Å². The summed E-state index contributed by atoms with van der Waals surface area (Å²) in [6.07, 6.45) is 1.85. The van der Waals surface area contributed by atoms with E-state index in [2.05, 4.69) is 22.4 Å². The summed E-state index contributed by atoms with van der Waals surface area (Å²) in [6, 6.07) is 18.0. The molecule has 94 valence electrons. The van der Waals surface area contributed by atoms with E-state index in [1.807, 2.05) is 48.7 Å². The molecular weight excluding hydrogens is 256 g/mol. The predicted molar refractivity (Wildman–Crippen MR) is 80.5 cm³/mol. The maximum absolute atomic E-state index is 5.96. The molecule has 0 fully saturated rings. The lowest BCUT2D eigenvalue weighted by molar-refractivity contribution is 1.14. The fourth-order valence-electron chi connectivity index (χ4n) is 2.02. The molecule has 1 N–H and O–H groups in total. The zero-order valence-electron chi connectivity index (χ0n) is 10.3. The average molecular weight is 269 g/mol. The van der Waals surface area contributed by atoms with E-state index in [0.29, 0.717) is 0 Å². The lowest BCUT2D eigenvalue weighted by Crippen LogP contribution is -1.99. The van der Waals surface area contributed by atoms with Crippen molar-refractivity contribution in [1.29, 1.82) is 0 Å². The third kappa shape index (κ3) is 2.85. The van der Waals surface area contributed by atoms with Crippen LogP contribution in [-0.2, 0) is 6.54 Å². The largest absolute Gasteiger partial charge is 0.380 e. The quantitative estimate of drug-likeness (QED) is 0.756. The van der Waals surface area contributed by atoms with E-state index in [1.165, 1.54) is 0 Å². The number of hydrogen-bond acceptors (Lipinski definition) is 2. The van der Waals surface area contributed by atoms with Gasteiger partial charge in [-0.05, 0) is 29.8 Å². The Morgan fingerprint density at radius 3 is 2.79 bits per heavy atom. The van der Waals surface area contributed by atoms with Crippen molar-refractivity contribution in [1.82, 2.24) is 4.98 Å². The van der Waals surface area contributed by atoms with Gasteiger partial charge in [0.2, 0.25) is 0 Å². The van der Waals surface area contributed by atoms with Gasteiger partial charge in [0.05, 0.1) is 17.4 Å². The molecule has 3 rings (SSSR count). The van der Waals surface area contributed by atoms with Crippen LogP contribution in [0.5, 0.6) is 0 Å². The summed E-state index contributed by atoms with van der Waals surface area (Å²) in [7, 11) is 0. The number of para-hydroxylation sites is 1. The predicted octanol–water partition coefficient (Wildman–Crippen LogP) is 4.50. The van der Waals surface area contributed by atoms with Gasteiger partial charge in [0.25, 0.3) is 0 Å². The molecule has 1 heterocycles. The smallest absolute Gasteiger partial charge is 0.0703 e. The molecule has 3 heteroatoms. The second kappa shape index (κ2) is 5.29. The second-order valence-electron chi connectivity index (χ2n) is 4.40. The molecule has 19 heavy (non-hydrogen) atoms. The molecule has 0 saturated carbocycles. The van der Waals surface area contributed by atoms with Crippen LogP contribution in [0, 0.1) is 0 Å². The van der Waals surface area contributed by atoms with Crippen molar-refractivity contribution in [3.05, 3.63) is 71.4 Å². The Morgan fingerprint density at radius 2 is 1.89 bits per heavy atom. The molecule has 0 amide bonds. The standard InChI is InChI=1S/C16H13ClN2/c17-14-6-3-4-12(8-14)10-18-15-9-13-5-1-2-7-16(13)19-11-15/h1-9,11,18H,10H2. The van der Waals surface area contributed by atoms with Crippen molar-refractivity contribution in [3.8, 4) is 0 Å². The van der Waals surface area contributed by atoms with Crippen LogP contribution in [0.25, 0.3) is 10.9 Å². The van der Waals surface area contributed by atoms with Crippen LogP contribution in [0.1, 0.15) is 5.56 Å². The van der Waals surface area contributed by atoms with Gasteiger partial charge in [-0.15, -0.1) is 0 Å². The van der Waals surface area contributed by atoms with E-state index in [4.69, 9.17) is 11.6 Å². The lowest BCUT2D eigenvalue weighted by atomic mass is 10.2. The highest BCUT2D eigenvalue weighted by Gasteiger charge is 1.98. The van der Waals surface area contributed by atoms with Crippen LogP contribution in [-0.4, -0.2) is 4.98 Å². The number of nitrogens with one attached hydrogen (secondary N) is 1. The molecule has 0 aliphatic carbocycles. The zero-order chi connectivity index (χ0) is 13.1.